The molecule has 2 amide bonds. The second kappa shape index (κ2) is 14.8. The first-order chi connectivity index (χ1) is 17.6. The van der Waals surface area contributed by atoms with E-state index >= 15 is 0 Å². The first-order valence-electron chi connectivity index (χ1n) is 13.3. The van der Waals surface area contributed by atoms with Crippen molar-refractivity contribution in [3.05, 3.63) is 65.2 Å². The van der Waals surface area contributed by atoms with Crippen molar-refractivity contribution in [2.24, 2.45) is 0 Å². The Balaban J connectivity index is 2.18. The summed E-state index contributed by atoms with van der Waals surface area (Å²) in [7, 11) is -3.51. The maximum atomic E-state index is 13.5. The minimum Gasteiger partial charge on any atom is -0.354 e. The Morgan fingerprint density at radius 2 is 1.54 bits per heavy atom. The van der Waals surface area contributed by atoms with Gasteiger partial charge in [-0.05, 0) is 55.9 Å². The monoisotopic (exact) mass is 529 g/mol. The summed E-state index contributed by atoms with van der Waals surface area (Å²) in [5.74, 6) is -0.307. The van der Waals surface area contributed by atoms with Crippen LogP contribution in [0, 0.1) is 6.92 Å². The topological polar surface area (TPSA) is 86.8 Å². The third kappa shape index (κ3) is 9.50. The summed E-state index contributed by atoms with van der Waals surface area (Å²) in [5, 5.41) is 2.97. The number of unbranched alkanes of at least 4 members (excludes halogenated alkanes) is 1. The van der Waals surface area contributed by atoms with Gasteiger partial charge in [0.25, 0.3) is 0 Å². The van der Waals surface area contributed by atoms with E-state index in [9.17, 15) is 18.0 Å². The van der Waals surface area contributed by atoms with Crippen LogP contribution in [0.2, 0.25) is 0 Å². The first kappa shape index (κ1) is 30.4. The average Bonchev–Trinajstić information content (AvgIpc) is 2.87. The van der Waals surface area contributed by atoms with Gasteiger partial charge < -0.3 is 10.2 Å². The molecule has 1 unspecified atom stereocenters. The van der Waals surface area contributed by atoms with Gasteiger partial charge in [0.1, 0.15) is 6.04 Å². The highest BCUT2D eigenvalue weighted by atomic mass is 32.2. The molecule has 0 heterocycles. The molecule has 1 N–H and O–H groups in total. The fraction of sp³-hybridized carbons (Fsp3) is 0.517. The van der Waals surface area contributed by atoms with Gasteiger partial charge in [-0.25, -0.2) is 8.42 Å². The summed E-state index contributed by atoms with van der Waals surface area (Å²) < 4.78 is 26.4. The summed E-state index contributed by atoms with van der Waals surface area (Å²) in [5.41, 5.74) is 3.79. The number of carbonyl (C=O) groups is 2. The predicted octanol–water partition coefficient (Wildman–Crippen LogP) is 4.83. The highest BCUT2D eigenvalue weighted by Gasteiger charge is 2.28. The molecule has 0 aliphatic heterocycles. The number of aryl methyl sites for hydroxylation is 2. The lowest BCUT2D eigenvalue weighted by molar-refractivity contribution is -0.141. The number of rotatable bonds is 15. The summed E-state index contributed by atoms with van der Waals surface area (Å²) >= 11 is 0. The minimum atomic E-state index is -3.51. The van der Waals surface area contributed by atoms with E-state index in [0.717, 1.165) is 36.0 Å². The molecule has 37 heavy (non-hydrogen) atoms. The Morgan fingerprint density at radius 3 is 2.08 bits per heavy atom. The Hall–Kier alpha value is -2.87. The van der Waals surface area contributed by atoms with Crippen molar-refractivity contribution in [2.45, 2.75) is 78.8 Å². The smallest absolute Gasteiger partial charge is 0.242 e. The zero-order chi connectivity index (χ0) is 27.4. The molecule has 2 aromatic carbocycles. The van der Waals surface area contributed by atoms with Crippen LogP contribution in [0.4, 0.5) is 5.69 Å². The Labute approximate surface area is 223 Å². The fourth-order valence-corrected chi connectivity index (χ4v) is 5.18. The number of amides is 2. The van der Waals surface area contributed by atoms with E-state index in [-0.39, 0.29) is 24.8 Å². The van der Waals surface area contributed by atoms with Crippen LogP contribution in [0.1, 0.15) is 69.6 Å². The number of hydrogen-bond donors (Lipinski definition) is 1. The van der Waals surface area contributed by atoms with Crippen LogP contribution in [-0.4, -0.2) is 50.5 Å². The first-order valence-corrected chi connectivity index (χ1v) is 15.1. The Morgan fingerprint density at radius 1 is 0.919 bits per heavy atom. The molecule has 8 heteroatoms. The Bertz CT molecular complexity index is 1100. The number of carbonyl (C=O) groups excluding carboxylic acids is 2. The van der Waals surface area contributed by atoms with Gasteiger partial charge in [-0.3, -0.25) is 13.9 Å². The zero-order valence-corrected chi connectivity index (χ0v) is 23.8. The summed E-state index contributed by atoms with van der Waals surface area (Å²) in [6.07, 6.45) is 4.89. The van der Waals surface area contributed by atoms with E-state index in [1.165, 1.54) is 10.6 Å². The molecule has 0 aromatic heterocycles. The standard InChI is InChI=1S/C29H43N3O4S/c1-6-9-20-30-29(34)27(8-3)31(22-25-14-12-23(4)13-15-25)28(33)11-10-21-32(37(5,35)36)26-18-16-24(7-2)17-19-26/h12-19,27H,6-11,20-22H2,1-5H3,(H,30,34). The lowest BCUT2D eigenvalue weighted by Gasteiger charge is -2.31. The molecule has 0 spiro atoms. The van der Waals surface area contributed by atoms with Crippen LogP contribution < -0.4 is 9.62 Å². The number of anilines is 1. The molecule has 2 rings (SSSR count). The Kier molecular flexibility index (Phi) is 12.1. The van der Waals surface area contributed by atoms with Gasteiger partial charge in [0, 0.05) is 26.1 Å². The quantitative estimate of drug-likeness (QED) is 0.335. The maximum Gasteiger partial charge on any atom is 0.242 e. The molecule has 0 radical (unpaired) electrons. The van der Waals surface area contributed by atoms with Gasteiger partial charge in [0.2, 0.25) is 21.8 Å². The van der Waals surface area contributed by atoms with Crippen LogP contribution in [0.25, 0.3) is 0 Å². The largest absolute Gasteiger partial charge is 0.354 e. The van der Waals surface area contributed by atoms with Crippen LogP contribution in [0.15, 0.2) is 48.5 Å². The predicted molar refractivity (Wildman–Crippen MR) is 151 cm³/mol. The normalized spacial score (nSPS) is 12.1. The number of sulfonamides is 1. The van der Waals surface area contributed by atoms with Gasteiger partial charge in [0.05, 0.1) is 11.9 Å². The van der Waals surface area contributed by atoms with E-state index in [4.69, 9.17) is 0 Å². The average molecular weight is 530 g/mol. The molecule has 0 saturated carbocycles. The third-order valence-electron chi connectivity index (χ3n) is 6.47. The second-order valence-corrected chi connectivity index (χ2v) is 11.4. The molecule has 0 aliphatic carbocycles. The van der Waals surface area contributed by atoms with E-state index in [0.29, 0.717) is 31.6 Å². The van der Waals surface area contributed by atoms with Crippen molar-refractivity contribution in [3.63, 3.8) is 0 Å². The molecule has 0 bridgehead atoms. The second-order valence-electron chi connectivity index (χ2n) is 9.53. The van der Waals surface area contributed by atoms with Crippen molar-refractivity contribution < 1.29 is 18.0 Å². The number of nitrogens with one attached hydrogen (secondary N) is 1. The highest BCUT2D eigenvalue weighted by Crippen LogP contribution is 2.20. The lowest BCUT2D eigenvalue weighted by Crippen LogP contribution is -2.49. The molecular formula is C29H43N3O4S. The van der Waals surface area contributed by atoms with Crippen molar-refractivity contribution in [2.75, 3.05) is 23.7 Å². The van der Waals surface area contributed by atoms with Gasteiger partial charge in [-0.2, -0.15) is 0 Å². The molecule has 204 valence electrons. The van der Waals surface area contributed by atoms with Crippen molar-refractivity contribution in [1.82, 2.24) is 10.2 Å². The van der Waals surface area contributed by atoms with E-state index in [1.54, 1.807) is 17.0 Å². The van der Waals surface area contributed by atoms with E-state index < -0.39 is 16.1 Å². The van der Waals surface area contributed by atoms with E-state index in [2.05, 4.69) is 12.2 Å². The summed E-state index contributed by atoms with van der Waals surface area (Å²) in [6.45, 7) is 9.12. The highest BCUT2D eigenvalue weighted by molar-refractivity contribution is 7.92. The molecule has 2 aromatic rings. The van der Waals surface area contributed by atoms with Gasteiger partial charge in [0.15, 0.2) is 0 Å². The van der Waals surface area contributed by atoms with Gasteiger partial charge >= 0.3 is 0 Å². The molecular weight excluding hydrogens is 486 g/mol. The lowest BCUT2D eigenvalue weighted by atomic mass is 10.1. The van der Waals surface area contributed by atoms with Gasteiger partial charge in [-0.15, -0.1) is 0 Å². The van der Waals surface area contributed by atoms with Gasteiger partial charge in [-0.1, -0.05) is 69.2 Å². The van der Waals surface area contributed by atoms with Crippen LogP contribution in [0.5, 0.6) is 0 Å². The molecule has 0 saturated heterocycles. The van der Waals surface area contributed by atoms with Crippen LogP contribution >= 0.6 is 0 Å². The molecule has 7 nitrogen and oxygen atoms in total. The molecule has 0 fully saturated rings. The summed E-state index contributed by atoms with van der Waals surface area (Å²) in [4.78, 5) is 28.1. The number of nitrogens with zero attached hydrogens (tertiary/aromatic N) is 2. The minimum absolute atomic E-state index is 0.143. The van der Waals surface area contributed by atoms with Crippen molar-refractivity contribution in [1.29, 1.82) is 0 Å². The van der Waals surface area contributed by atoms with Crippen molar-refractivity contribution in [3.8, 4) is 0 Å². The van der Waals surface area contributed by atoms with E-state index in [1.807, 2.05) is 57.2 Å². The number of hydrogen-bond acceptors (Lipinski definition) is 4. The number of benzene rings is 2. The van der Waals surface area contributed by atoms with Crippen LogP contribution in [0.3, 0.4) is 0 Å². The zero-order valence-electron chi connectivity index (χ0n) is 23.0. The third-order valence-corrected chi connectivity index (χ3v) is 7.67. The SMILES string of the molecule is CCCCNC(=O)C(CC)N(Cc1ccc(C)cc1)C(=O)CCCN(c1ccc(CC)cc1)S(C)(=O)=O. The summed E-state index contributed by atoms with van der Waals surface area (Å²) in [6, 6.07) is 14.8. The van der Waals surface area contributed by atoms with Crippen molar-refractivity contribution >= 4 is 27.5 Å². The molecule has 1 atom stereocenters. The maximum absolute atomic E-state index is 13.5. The molecule has 0 aliphatic rings. The fourth-order valence-electron chi connectivity index (χ4n) is 4.22. The van der Waals surface area contributed by atoms with Crippen LogP contribution in [-0.2, 0) is 32.6 Å².